The van der Waals surface area contributed by atoms with Crippen LogP contribution in [0.15, 0.2) is 94.2 Å². The van der Waals surface area contributed by atoms with E-state index in [9.17, 15) is 9.59 Å². The lowest BCUT2D eigenvalue weighted by atomic mass is 9.93. The van der Waals surface area contributed by atoms with Crippen LogP contribution < -0.4 is 24.4 Å². The molecule has 1 atom stereocenters. The number of aromatic nitrogens is 1. The third-order valence-electron chi connectivity index (χ3n) is 6.21. The number of methoxy groups -OCH3 is 2. The van der Waals surface area contributed by atoms with Crippen LogP contribution in [0.1, 0.15) is 29.7 Å². The number of nitrogens with zero attached hydrogens (tertiary/aromatic N) is 2. The van der Waals surface area contributed by atoms with Gasteiger partial charge in [-0.3, -0.25) is 9.36 Å². The molecule has 0 spiro atoms. The number of thiazole rings is 1. The van der Waals surface area contributed by atoms with Crippen molar-refractivity contribution in [3.8, 4) is 11.5 Å². The van der Waals surface area contributed by atoms with Crippen LogP contribution >= 0.6 is 11.3 Å². The Balaban J connectivity index is 1.85. The van der Waals surface area contributed by atoms with E-state index in [4.69, 9.17) is 19.2 Å². The van der Waals surface area contributed by atoms with Crippen LogP contribution in [-0.2, 0) is 9.53 Å². The van der Waals surface area contributed by atoms with Crippen LogP contribution in [0, 0.1) is 0 Å². The second-order valence-electron chi connectivity index (χ2n) is 8.45. The summed E-state index contributed by atoms with van der Waals surface area (Å²) in [6.07, 6.45) is 1.79. The lowest BCUT2D eigenvalue weighted by Gasteiger charge is -2.26. The molecular weight excluding hydrogens is 500 g/mol. The molecule has 8 heteroatoms. The Hall–Kier alpha value is -4.43. The smallest absolute Gasteiger partial charge is 0.338 e. The van der Waals surface area contributed by atoms with Gasteiger partial charge in [-0.15, -0.1) is 0 Å². The highest BCUT2D eigenvalue weighted by Crippen LogP contribution is 2.36. The van der Waals surface area contributed by atoms with Gasteiger partial charge in [-0.25, -0.2) is 9.79 Å². The predicted molar refractivity (Wildman–Crippen MR) is 147 cm³/mol. The highest BCUT2D eigenvalue weighted by atomic mass is 32.1. The van der Waals surface area contributed by atoms with Crippen LogP contribution in [-0.4, -0.2) is 31.4 Å². The van der Waals surface area contributed by atoms with Crippen molar-refractivity contribution in [3.05, 3.63) is 121 Å². The first-order chi connectivity index (χ1) is 18.5. The lowest BCUT2D eigenvalue weighted by Crippen LogP contribution is -2.40. The van der Waals surface area contributed by atoms with Crippen LogP contribution in [0.5, 0.6) is 11.5 Å². The fourth-order valence-corrected chi connectivity index (χ4v) is 5.49. The molecule has 5 rings (SSSR count). The Kier molecular flexibility index (Phi) is 7.24. The fraction of sp³-hybridized carbons (Fsp3) is 0.167. The average molecular weight is 527 g/mol. The van der Waals surface area contributed by atoms with Gasteiger partial charge in [0.15, 0.2) is 4.80 Å². The number of esters is 1. The minimum Gasteiger partial charge on any atom is -0.497 e. The number of fused-ring (bicyclic) bond motifs is 1. The van der Waals surface area contributed by atoms with E-state index in [2.05, 4.69) is 0 Å². The highest BCUT2D eigenvalue weighted by Gasteiger charge is 2.35. The lowest BCUT2D eigenvalue weighted by molar-refractivity contribution is -0.138. The van der Waals surface area contributed by atoms with Crippen molar-refractivity contribution in [1.82, 2.24) is 4.57 Å². The normalized spacial score (nSPS) is 15.0. The zero-order valence-electron chi connectivity index (χ0n) is 21.2. The molecule has 0 saturated carbocycles. The molecule has 0 unspecified atom stereocenters. The van der Waals surface area contributed by atoms with Crippen molar-refractivity contribution in [3.63, 3.8) is 0 Å². The third kappa shape index (κ3) is 4.66. The number of hydrogen-bond donors (Lipinski definition) is 0. The summed E-state index contributed by atoms with van der Waals surface area (Å²) in [4.78, 5) is 32.8. The molecule has 0 amide bonds. The molecule has 1 aliphatic heterocycles. The van der Waals surface area contributed by atoms with E-state index in [0.717, 1.165) is 11.1 Å². The Morgan fingerprint density at radius 2 is 1.76 bits per heavy atom. The van der Waals surface area contributed by atoms with Gasteiger partial charge in [-0.2, -0.15) is 0 Å². The highest BCUT2D eigenvalue weighted by molar-refractivity contribution is 7.07. The van der Waals surface area contributed by atoms with E-state index in [1.807, 2.05) is 78.9 Å². The summed E-state index contributed by atoms with van der Waals surface area (Å²) < 4.78 is 18.5. The van der Waals surface area contributed by atoms with E-state index >= 15 is 0 Å². The molecule has 0 saturated heterocycles. The van der Waals surface area contributed by atoms with E-state index < -0.39 is 12.0 Å². The number of ether oxygens (including phenoxy) is 3. The van der Waals surface area contributed by atoms with Gasteiger partial charge in [0.1, 0.15) is 11.5 Å². The number of rotatable bonds is 7. The first-order valence-corrected chi connectivity index (χ1v) is 12.9. The molecule has 38 heavy (non-hydrogen) atoms. The molecular formula is C30H26N2O5S. The van der Waals surface area contributed by atoms with Crippen molar-refractivity contribution in [2.45, 2.75) is 13.0 Å². The second-order valence-corrected chi connectivity index (χ2v) is 9.46. The topological polar surface area (TPSA) is 79.1 Å². The van der Waals surface area contributed by atoms with Gasteiger partial charge in [0.05, 0.1) is 42.7 Å². The van der Waals surface area contributed by atoms with Gasteiger partial charge >= 0.3 is 5.97 Å². The minimum atomic E-state index is -0.768. The molecule has 0 fully saturated rings. The zero-order chi connectivity index (χ0) is 26.6. The number of para-hydroxylation sites is 1. The molecule has 0 bridgehead atoms. The maximum absolute atomic E-state index is 14.0. The Morgan fingerprint density at radius 3 is 2.50 bits per heavy atom. The van der Waals surface area contributed by atoms with E-state index in [0.29, 0.717) is 37.7 Å². The second kappa shape index (κ2) is 10.9. The summed E-state index contributed by atoms with van der Waals surface area (Å²) in [6, 6.07) is 23.5. The quantitative estimate of drug-likeness (QED) is 0.341. The summed E-state index contributed by atoms with van der Waals surface area (Å²) in [6.45, 7) is 1.94. The van der Waals surface area contributed by atoms with Gasteiger partial charge in [-0.05, 0) is 36.8 Å². The average Bonchev–Trinajstić information content (AvgIpc) is 3.27. The summed E-state index contributed by atoms with van der Waals surface area (Å²) >= 11 is 1.27. The molecule has 1 aromatic heterocycles. The number of carbonyl (C=O) groups excluding carboxylic acids is 1. The number of carbonyl (C=O) groups is 1. The fourth-order valence-electron chi connectivity index (χ4n) is 4.49. The Labute approximate surface area is 223 Å². The molecule has 4 aromatic rings. The minimum absolute atomic E-state index is 0.188. The molecule has 2 heterocycles. The summed E-state index contributed by atoms with van der Waals surface area (Å²) in [7, 11) is 3.17. The molecule has 3 aromatic carbocycles. The van der Waals surface area contributed by atoms with Crippen molar-refractivity contribution in [2.75, 3.05) is 20.8 Å². The van der Waals surface area contributed by atoms with Crippen molar-refractivity contribution in [2.24, 2.45) is 4.99 Å². The van der Waals surface area contributed by atoms with E-state index in [-0.39, 0.29) is 12.2 Å². The van der Waals surface area contributed by atoms with Crippen LogP contribution in [0.25, 0.3) is 11.8 Å². The summed E-state index contributed by atoms with van der Waals surface area (Å²) in [5.74, 6) is 0.738. The molecule has 1 aliphatic rings. The van der Waals surface area contributed by atoms with Crippen LogP contribution in [0.4, 0.5) is 0 Å². The van der Waals surface area contributed by atoms with Crippen LogP contribution in [0.2, 0.25) is 0 Å². The molecule has 0 aliphatic carbocycles. The Morgan fingerprint density at radius 1 is 1.00 bits per heavy atom. The van der Waals surface area contributed by atoms with E-state index in [1.165, 1.54) is 11.3 Å². The van der Waals surface area contributed by atoms with Crippen LogP contribution in [0.3, 0.4) is 0 Å². The Bertz CT molecular complexity index is 1700. The van der Waals surface area contributed by atoms with Gasteiger partial charge in [0, 0.05) is 11.1 Å². The molecule has 192 valence electrons. The molecule has 0 radical (unpaired) electrons. The van der Waals surface area contributed by atoms with Crippen molar-refractivity contribution >= 4 is 29.1 Å². The van der Waals surface area contributed by atoms with Gasteiger partial charge in [-0.1, -0.05) is 72.0 Å². The standard InChI is InChI=1S/C30H26N2O5S/c1-4-37-29(34)25-26(19-11-6-5-7-12-19)31-30-32(27(25)21-14-10-15-22(17-21)35-2)28(33)24(38-30)18-20-13-8-9-16-23(20)36-3/h5-18,27H,4H2,1-3H3/b24-18+/t27-/m0/s1. The largest absolute Gasteiger partial charge is 0.497 e. The molecule has 7 nitrogen and oxygen atoms in total. The third-order valence-corrected chi connectivity index (χ3v) is 7.19. The number of benzene rings is 3. The summed E-state index contributed by atoms with van der Waals surface area (Å²) in [5, 5.41) is 0. The monoisotopic (exact) mass is 526 g/mol. The van der Waals surface area contributed by atoms with Gasteiger partial charge < -0.3 is 14.2 Å². The van der Waals surface area contributed by atoms with Gasteiger partial charge in [0.25, 0.3) is 5.56 Å². The first-order valence-electron chi connectivity index (χ1n) is 12.1. The zero-order valence-corrected chi connectivity index (χ0v) is 22.0. The van der Waals surface area contributed by atoms with E-state index in [1.54, 1.807) is 31.8 Å². The SMILES string of the molecule is CCOC(=O)C1=C(c2ccccc2)N=c2s/c(=C/c3ccccc3OC)c(=O)n2[C@H]1c1cccc(OC)c1. The maximum atomic E-state index is 14.0. The summed E-state index contributed by atoms with van der Waals surface area (Å²) in [5.41, 5.74) is 2.74. The van der Waals surface area contributed by atoms with Crippen molar-refractivity contribution in [1.29, 1.82) is 0 Å². The molecule has 0 N–H and O–H groups in total. The predicted octanol–water partition coefficient (Wildman–Crippen LogP) is 3.95. The van der Waals surface area contributed by atoms with Gasteiger partial charge in [0.2, 0.25) is 0 Å². The first kappa shape index (κ1) is 25.2. The number of hydrogen-bond acceptors (Lipinski definition) is 7. The maximum Gasteiger partial charge on any atom is 0.338 e. The van der Waals surface area contributed by atoms with Crippen molar-refractivity contribution < 1.29 is 19.0 Å².